The van der Waals surface area contributed by atoms with Gasteiger partial charge in [-0.25, -0.2) is 0 Å². The predicted molar refractivity (Wildman–Crippen MR) is 40.0 cm³/mol. The van der Waals surface area contributed by atoms with Gasteiger partial charge in [0.05, 0.1) is 0 Å². The van der Waals surface area contributed by atoms with Crippen LogP contribution in [0.1, 0.15) is 19.3 Å². The van der Waals surface area contributed by atoms with Gasteiger partial charge in [0.25, 0.3) is 0 Å². The van der Waals surface area contributed by atoms with E-state index >= 15 is 0 Å². The minimum absolute atomic E-state index is 0.0191. The Morgan fingerprint density at radius 2 is 2.50 bits per heavy atom. The molecule has 0 saturated carbocycles. The molecule has 2 rings (SSSR count). The predicted octanol–water partition coefficient (Wildman–Crippen LogP) is -0.142. The molecule has 0 aromatic carbocycles. The molecule has 0 amide bonds. The fourth-order valence-electron chi connectivity index (χ4n) is 1.65. The molecule has 1 aliphatic carbocycles. The third kappa shape index (κ3) is 0.914. The summed E-state index contributed by atoms with van der Waals surface area (Å²) in [6.07, 6.45) is 5.94. The molecule has 2 atom stereocenters. The molecule has 2 aliphatic rings. The highest BCUT2D eigenvalue weighted by molar-refractivity contribution is 5.16. The Bertz CT molecular complexity index is 164. The lowest BCUT2D eigenvalue weighted by molar-refractivity contribution is 0.506. The number of fused-ring (bicyclic) bond motifs is 1. The topological polar surface area (TPSA) is 50.1 Å². The number of hydrogen-bond acceptors (Lipinski definition) is 3. The van der Waals surface area contributed by atoms with Gasteiger partial charge in [-0.15, -0.1) is 0 Å². The van der Waals surface area contributed by atoms with Crippen molar-refractivity contribution in [1.82, 2.24) is 10.6 Å². The lowest BCUT2D eigenvalue weighted by Crippen LogP contribution is -2.41. The van der Waals surface area contributed by atoms with Crippen molar-refractivity contribution in [3.8, 4) is 0 Å². The number of nitrogens with one attached hydrogen (secondary N) is 2. The van der Waals surface area contributed by atoms with Crippen LogP contribution in [0.25, 0.3) is 0 Å². The maximum atomic E-state index is 5.63. The first kappa shape index (κ1) is 6.19. The zero-order chi connectivity index (χ0) is 6.97. The summed E-state index contributed by atoms with van der Waals surface area (Å²) in [5, 5.41) is 6.44. The minimum Gasteiger partial charge on any atom is -0.360 e. The fraction of sp³-hybridized carbons (Fsp3) is 0.714. The molecule has 0 unspecified atom stereocenters. The highest BCUT2D eigenvalue weighted by atomic mass is 15.3. The van der Waals surface area contributed by atoms with Crippen molar-refractivity contribution >= 4 is 0 Å². The van der Waals surface area contributed by atoms with Crippen molar-refractivity contribution in [1.29, 1.82) is 0 Å². The lowest BCUT2D eigenvalue weighted by atomic mass is 10.0. The van der Waals surface area contributed by atoms with Crippen LogP contribution in [0.4, 0.5) is 0 Å². The van der Waals surface area contributed by atoms with E-state index in [-0.39, 0.29) is 6.29 Å². The van der Waals surface area contributed by atoms with E-state index in [2.05, 4.69) is 16.7 Å². The summed E-state index contributed by atoms with van der Waals surface area (Å²) in [4.78, 5) is 0. The molecule has 4 N–H and O–H groups in total. The third-order valence-corrected chi connectivity index (χ3v) is 2.14. The average Bonchev–Trinajstić information content (AvgIpc) is 2.27. The van der Waals surface area contributed by atoms with Gasteiger partial charge in [-0.1, -0.05) is 6.08 Å². The van der Waals surface area contributed by atoms with Crippen LogP contribution in [-0.2, 0) is 0 Å². The summed E-state index contributed by atoms with van der Waals surface area (Å²) >= 11 is 0. The Kier molecular flexibility index (Phi) is 1.39. The molecular formula is C7H13N3. The van der Waals surface area contributed by atoms with E-state index < -0.39 is 0 Å². The van der Waals surface area contributed by atoms with Crippen molar-refractivity contribution in [2.24, 2.45) is 5.73 Å². The van der Waals surface area contributed by atoms with E-state index in [4.69, 9.17) is 5.73 Å². The highest BCUT2D eigenvalue weighted by Gasteiger charge is 2.26. The largest absolute Gasteiger partial charge is 0.360 e. The summed E-state index contributed by atoms with van der Waals surface area (Å²) in [6.45, 7) is 0. The van der Waals surface area contributed by atoms with Crippen LogP contribution >= 0.6 is 0 Å². The molecule has 1 heterocycles. The van der Waals surface area contributed by atoms with Crippen LogP contribution in [0.2, 0.25) is 0 Å². The first-order valence-corrected chi connectivity index (χ1v) is 3.84. The van der Waals surface area contributed by atoms with E-state index in [0.717, 1.165) is 0 Å². The van der Waals surface area contributed by atoms with Crippen LogP contribution in [0.15, 0.2) is 11.8 Å². The van der Waals surface area contributed by atoms with E-state index in [1.54, 1.807) is 0 Å². The van der Waals surface area contributed by atoms with Gasteiger partial charge < -0.3 is 5.32 Å². The second kappa shape index (κ2) is 2.25. The van der Waals surface area contributed by atoms with Crippen molar-refractivity contribution in [2.75, 3.05) is 0 Å². The first-order valence-electron chi connectivity index (χ1n) is 3.84. The van der Waals surface area contributed by atoms with Gasteiger partial charge in [0.15, 0.2) is 0 Å². The number of allylic oxidation sites excluding steroid dienone is 1. The quantitative estimate of drug-likeness (QED) is 0.438. The molecule has 0 bridgehead atoms. The summed E-state index contributed by atoms with van der Waals surface area (Å²) in [6, 6.07) is 0.517. The molecule has 1 fully saturated rings. The van der Waals surface area contributed by atoms with Crippen LogP contribution in [-0.4, -0.2) is 12.3 Å². The summed E-state index contributed by atoms with van der Waals surface area (Å²) in [5.74, 6) is 0. The highest BCUT2D eigenvalue weighted by Crippen LogP contribution is 2.19. The van der Waals surface area contributed by atoms with Gasteiger partial charge in [0.2, 0.25) is 0 Å². The van der Waals surface area contributed by atoms with Gasteiger partial charge in [-0.2, -0.15) is 0 Å². The number of nitrogens with two attached hydrogens (primary N) is 1. The zero-order valence-electron chi connectivity index (χ0n) is 5.93. The monoisotopic (exact) mass is 139 g/mol. The van der Waals surface area contributed by atoms with Crippen LogP contribution in [0, 0.1) is 0 Å². The standard InChI is InChI=1S/C7H13N3/c8-7-9-5-3-1-2-4-6(5)10-7/h3,6-7,9-10H,1-2,4,8H2/t6-,7+/m1/s1. The van der Waals surface area contributed by atoms with Crippen LogP contribution in [0.3, 0.4) is 0 Å². The fourth-order valence-corrected chi connectivity index (χ4v) is 1.65. The van der Waals surface area contributed by atoms with Crippen LogP contribution in [0.5, 0.6) is 0 Å². The van der Waals surface area contributed by atoms with E-state index in [1.807, 2.05) is 0 Å². The Morgan fingerprint density at radius 3 is 3.30 bits per heavy atom. The maximum absolute atomic E-state index is 5.63. The third-order valence-electron chi connectivity index (χ3n) is 2.14. The second-order valence-electron chi connectivity index (χ2n) is 2.93. The maximum Gasteiger partial charge on any atom is 0.130 e. The first-order chi connectivity index (χ1) is 4.86. The SMILES string of the molecule is N[C@H]1NC2=CCCC[C@H]2N1. The molecule has 3 heteroatoms. The average molecular weight is 139 g/mol. The minimum atomic E-state index is -0.0191. The van der Waals surface area contributed by atoms with E-state index in [1.165, 1.54) is 25.0 Å². The van der Waals surface area contributed by atoms with Gasteiger partial charge in [-0.05, 0) is 19.3 Å². The van der Waals surface area contributed by atoms with Gasteiger partial charge in [0.1, 0.15) is 6.29 Å². The van der Waals surface area contributed by atoms with Crippen molar-refractivity contribution in [3.63, 3.8) is 0 Å². The molecular weight excluding hydrogens is 126 g/mol. The molecule has 0 aromatic heterocycles. The van der Waals surface area contributed by atoms with Gasteiger partial charge in [0, 0.05) is 11.7 Å². The normalized spacial score (nSPS) is 38.3. The molecule has 1 aliphatic heterocycles. The molecule has 0 radical (unpaired) electrons. The molecule has 3 nitrogen and oxygen atoms in total. The molecule has 0 spiro atoms. The van der Waals surface area contributed by atoms with E-state index in [0.29, 0.717) is 6.04 Å². The zero-order valence-corrected chi connectivity index (χ0v) is 5.93. The van der Waals surface area contributed by atoms with Crippen molar-refractivity contribution < 1.29 is 0 Å². The number of rotatable bonds is 0. The van der Waals surface area contributed by atoms with Crippen LogP contribution < -0.4 is 16.4 Å². The molecule has 56 valence electrons. The second-order valence-corrected chi connectivity index (χ2v) is 2.93. The number of hydrogen-bond donors (Lipinski definition) is 3. The van der Waals surface area contributed by atoms with Gasteiger partial charge >= 0.3 is 0 Å². The molecule has 1 saturated heterocycles. The van der Waals surface area contributed by atoms with E-state index in [9.17, 15) is 0 Å². The Labute approximate surface area is 60.7 Å². The smallest absolute Gasteiger partial charge is 0.130 e. The molecule has 0 aromatic rings. The Balaban J connectivity index is 2.13. The summed E-state index contributed by atoms with van der Waals surface area (Å²) in [7, 11) is 0. The summed E-state index contributed by atoms with van der Waals surface area (Å²) < 4.78 is 0. The summed E-state index contributed by atoms with van der Waals surface area (Å²) in [5.41, 5.74) is 6.94. The Hall–Kier alpha value is -0.540. The molecule has 10 heavy (non-hydrogen) atoms. The van der Waals surface area contributed by atoms with Gasteiger partial charge in [-0.3, -0.25) is 11.1 Å². The van der Waals surface area contributed by atoms with Crippen molar-refractivity contribution in [2.45, 2.75) is 31.6 Å². The Morgan fingerprint density at radius 1 is 1.60 bits per heavy atom. The lowest BCUT2D eigenvalue weighted by Gasteiger charge is -2.14. The van der Waals surface area contributed by atoms with Crippen molar-refractivity contribution in [3.05, 3.63) is 11.8 Å².